The molecule has 2 unspecified atom stereocenters. The highest BCUT2D eigenvalue weighted by molar-refractivity contribution is 6.35. The van der Waals surface area contributed by atoms with Gasteiger partial charge in [-0.1, -0.05) is 59.6 Å². The lowest BCUT2D eigenvalue weighted by atomic mass is 9.98. The van der Waals surface area contributed by atoms with Gasteiger partial charge in [-0.25, -0.2) is 0 Å². The van der Waals surface area contributed by atoms with Crippen molar-refractivity contribution in [3.63, 3.8) is 0 Å². The second-order valence-electron chi connectivity index (χ2n) is 10.2. The van der Waals surface area contributed by atoms with E-state index in [0.29, 0.717) is 55.4 Å². The highest BCUT2D eigenvalue weighted by atomic mass is 35.5. The number of aryl methyl sites for hydroxylation is 1. The molecule has 0 aromatic heterocycles. The van der Waals surface area contributed by atoms with Crippen LogP contribution in [0.15, 0.2) is 53.5 Å². The van der Waals surface area contributed by atoms with Crippen molar-refractivity contribution in [3.8, 4) is 0 Å². The second kappa shape index (κ2) is 14.9. The van der Waals surface area contributed by atoms with Gasteiger partial charge in [0.05, 0.1) is 0 Å². The molecule has 1 aliphatic heterocycles. The standard InChI is InChI=1S/C29H38Cl2N6O3/c1-19-17-37(27(39)13-11-22-10-12-23(30)16-25(22)31)24(9-6-14-34-29(32)33)18-36(19)28(40)26(35-20(2)38)15-21-7-4-3-5-8-21/h3-5,7-8,10,12,16,19,24,26H,6,9,11,13-15,17-18H2,1-2H3,(H,35,38)(H4,32,33,34)/t19?,24?,26-/m1/s1. The first-order valence-electron chi connectivity index (χ1n) is 13.5. The first kappa shape index (κ1) is 31.2. The highest BCUT2D eigenvalue weighted by Crippen LogP contribution is 2.25. The predicted molar refractivity (Wildman–Crippen MR) is 159 cm³/mol. The smallest absolute Gasteiger partial charge is 0.245 e. The van der Waals surface area contributed by atoms with Crippen LogP contribution in [0.2, 0.25) is 10.0 Å². The van der Waals surface area contributed by atoms with E-state index >= 15 is 0 Å². The van der Waals surface area contributed by atoms with Crippen LogP contribution in [0.5, 0.6) is 0 Å². The molecule has 40 heavy (non-hydrogen) atoms. The van der Waals surface area contributed by atoms with Crippen molar-refractivity contribution in [2.45, 2.75) is 64.1 Å². The first-order valence-corrected chi connectivity index (χ1v) is 14.2. The molecule has 11 heteroatoms. The van der Waals surface area contributed by atoms with Crippen molar-refractivity contribution in [2.75, 3.05) is 19.6 Å². The average Bonchev–Trinajstić information content (AvgIpc) is 2.90. The SMILES string of the molecule is CC(=O)N[C@H](Cc1ccccc1)C(=O)N1CC(CCCN=C(N)N)N(C(=O)CCc2ccc(Cl)cc2Cl)CC1C. The first-order chi connectivity index (χ1) is 19.0. The number of nitrogens with one attached hydrogen (secondary N) is 1. The number of nitrogens with two attached hydrogens (primary N) is 2. The van der Waals surface area contributed by atoms with Crippen molar-refractivity contribution in [2.24, 2.45) is 16.5 Å². The van der Waals surface area contributed by atoms with Crippen LogP contribution in [0.1, 0.15) is 44.2 Å². The lowest BCUT2D eigenvalue weighted by Gasteiger charge is -2.46. The minimum absolute atomic E-state index is 0.0143. The Kier molecular flexibility index (Phi) is 11.6. The Morgan fingerprint density at radius 3 is 2.45 bits per heavy atom. The van der Waals surface area contributed by atoms with Crippen molar-refractivity contribution < 1.29 is 14.4 Å². The molecule has 0 bridgehead atoms. The molecular formula is C29H38Cl2N6O3. The molecule has 3 amide bonds. The van der Waals surface area contributed by atoms with Gasteiger partial charge in [-0.2, -0.15) is 0 Å². The third-order valence-corrected chi connectivity index (χ3v) is 7.60. The Hall–Kier alpha value is -3.30. The fraction of sp³-hybridized carbons (Fsp3) is 0.448. The maximum atomic E-state index is 13.8. The number of carbonyl (C=O) groups excluding carboxylic acids is 3. The van der Waals surface area contributed by atoms with Gasteiger partial charge in [-0.15, -0.1) is 0 Å². The fourth-order valence-corrected chi connectivity index (χ4v) is 5.54. The van der Waals surface area contributed by atoms with Gasteiger partial charge in [0.2, 0.25) is 17.7 Å². The minimum Gasteiger partial charge on any atom is -0.370 e. The summed E-state index contributed by atoms with van der Waals surface area (Å²) >= 11 is 12.3. The molecule has 1 heterocycles. The largest absolute Gasteiger partial charge is 0.370 e. The number of guanidine groups is 1. The van der Waals surface area contributed by atoms with Gasteiger partial charge in [0.15, 0.2) is 5.96 Å². The summed E-state index contributed by atoms with van der Waals surface area (Å²) in [6, 6.07) is 13.7. The molecule has 3 rings (SSSR count). The number of nitrogens with zero attached hydrogens (tertiary/aromatic N) is 3. The van der Waals surface area contributed by atoms with E-state index in [4.69, 9.17) is 34.7 Å². The third kappa shape index (κ3) is 9.13. The Morgan fingerprint density at radius 2 is 1.80 bits per heavy atom. The van der Waals surface area contributed by atoms with Gasteiger partial charge in [-0.3, -0.25) is 19.4 Å². The Bertz CT molecular complexity index is 1210. The normalized spacial score (nSPS) is 17.7. The number of amides is 3. The average molecular weight is 590 g/mol. The summed E-state index contributed by atoms with van der Waals surface area (Å²) in [5.41, 5.74) is 12.8. The molecule has 216 valence electrons. The summed E-state index contributed by atoms with van der Waals surface area (Å²) in [4.78, 5) is 47.0. The summed E-state index contributed by atoms with van der Waals surface area (Å²) in [5, 5.41) is 3.90. The summed E-state index contributed by atoms with van der Waals surface area (Å²) in [7, 11) is 0. The number of rotatable bonds is 11. The minimum atomic E-state index is -0.709. The molecule has 2 aromatic rings. The summed E-state index contributed by atoms with van der Waals surface area (Å²) in [6.07, 6.45) is 2.39. The molecule has 9 nitrogen and oxygen atoms in total. The van der Waals surface area contributed by atoms with Gasteiger partial charge in [0.25, 0.3) is 0 Å². The number of piperazine rings is 1. The molecule has 0 radical (unpaired) electrons. The lowest BCUT2D eigenvalue weighted by molar-refractivity contribution is -0.148. The van der Waals surface area contributed by atoms with Crippen molar-refractivity contribution in [3.05, 3.63) is 69.7 Å². The predicted octanol–water partition coefficient (Wildman–Crippen LogP) is 3.15. The number of hydrogen-bond donors (Lipinski definition) is 3. The van der Waals surface area contributed by atoms with Gasteiger partial charge in [0, 0.05) is 61.5 Å². The van der Waals surface area contributed by atoms with Gasteiger partial charge in [0.1, 0.15) is 6.04 Å². The number of aliphatic imine (C=N–C) groups is 1. The molecular weight excluding hydrogens is 551 g/mol. The van der Waals surface area contributed by atoms with Crippen molar-refractivity contribution in [1.29, 1.82) is 0 Å². The van der Waals surface area contributed by atoms with Crippen LogP contribution in [0.3, 0.4) is 0 Å². The molecule has 1 fully saturated rings. The summed E-state index contributed by atoms with van der Waals surface area (Å²) in [5.74, 6) is -0.438. The van der Waals surface area contributed by atoms with E-state index < -0.39 is 6.04 Å². The van der Waals surface area contributed by atoms with Crippen molar-refractivity contribution in [1.82, 2.24) is 15.1 Å². The highest BCUT2D eigenvalue weighted by Gasteiger charge is 2.38. The quantitative estimate of drug-likeness (QED) is 0.210. The van der Waals surface area contributed by atoms with Crippen LogP contribution in [0, 0.1) is 0 Å². The zero-order valence-electron chi connectivity index (χ0n) is 23.0. The van der Waals surface area contributed by atoms with Crippen molar-refractivity contribution >= 4 is 46.9 Å². The number of carbonyl (C=O) groups is 3. The second-order valence-corrected chi connectivity index (χ2v) is 11.0. The van der Waals surface area contributed by atoms with Gasteiger partial charge in [-0.05, 0) is 49.4 Å². The maximum absolute atomic E-state index is 13.8. The molecule has 0 spiro atoms. The lowest BCUT2D eigenvalue weighted by Crippen LogP contribution is -2.63. The van der Waals surface area contributed by atoms with E-state index in [0.717, 1.165) is 11.1 Å². The Morgan fingerprint density at radius 1 is 1.07 bits per heavy atom. The third-order valence-electron chi connectivity index (χ3n) is 7.02. The van der Waals surface area contributed by atoms with E-state index in [1.54, 1.807) is 17.0 Å². The number of hydrogen-bond acceptors (Lipinski definition) is 4. The van der Waals surface area contributed by atoms with Crippen LogP contribution in [0.25, 0.3) is 0 Å². The molecule has 1 aliphatic rings. The Balaban J connectivity index is 1.76. The van der Waals surface area contributed by atoms with E-state index in [-0.39, 0.29) is 42.2 Å². The molecule has 1 saturated heterocycles. The molecule has 0 aliphatic carbocycles. The Labute approximate surface area is 245 Å². The molecule has 5 N–H and O–H groups in total. The molecule has 3 atom stereocenters. The van der Waals surface area contributed by atoms with Crippen LogP contribution in [0.4, 0.5) is 0 Å². The monoisotopic (exact) mass is 588 g/mol. The van der Waals surface area contributed by atoms with E-state index in [1.165, 1.54) is 6.92 Å². The molecule has 2 aromatic carbocycles. The van der Waals surface area contributed by atoms with Gasteiger partial charge < -0.3 is 26.6 Å². The zero-order valence-corrected chi connectivity index (χ0v) is 24.5. The summed E-state index contributed by atoms with van der Waals surface area (Å²) in [6.45, 7) is 4.49. The number of halogens is 2. The summed E-state index contributed by atoms with van der Waals surface area (Å²) < 4.78 is 0. The van der Waals surface area contributed by atoms with E-state index in [2.05, 4.69) is 10.3 Å². The zero-order chi connectivity index (χ0) is 29.2. The van der Waals surface area contributed by atoms with E-state index in [1.807, 2.05) is 48.2 Å². The van der Waals surface area contributed by atoms with Crippen LogP contribution in [-0.2, 0) is 27.2 Å². The molecule has 0 saturated carbocycles. The topological polar surface area (TPSA) is 134 Å². The van der Waals surface area contributed by atoms with Crippen LogP contribution in [-0.4, -0.2) is 71.2 Å². The van der Waals surface area contributed by atoms with Crippen LogP contribution >= 0.6 is 23.2 Å². The van der Waals surface area contributed by atoms with Gasteiger partial charge >= 0.3 is 0 Å². The van der Waals surface area contributed by atoms with Crippen LogP contribution < -0.4 is 16.8 Å². The maximum Gasteiger partial charge on any atom is 0.245 e. The number of benzene rings is 2. The fourth-order valence-electron chi connectivity index (χ4n) is 5.04. The van der Waals surface area contributed by atoms with E-state index in [9.17, 15) is 14.4 Å².